The average molecular weight is 260 g/mol. The number of hydrogen-bond donors (Lipinski definition) is 0. The van der Waals surface area contributed by atoms with E-state index in [0.717, 1.165) is 0 Å². The third kappa shape index (κ3) is 4.58. The van der Waals surface area contributed by atoms with Crippen molar-refractivity contribution in [3.05, 3.63) is 0 Å². The van der Waals surface area contributed by atoms with Crippen LogP contribution in [0.15, 0.2) is 0 Å². The molecule has 0 aliphatic carbocycles. The summed E-state index contributed by atoms with van der Waals surface area (Å²) in [6, 6.07) is 0. The van der Waals surface area contributed by atoms with E-state index in [2.05, 4.69) is 0 Å². The molecule has 2 atom stereocenters. The van der Waals surface area contributed by atoms with Crippen LogP contribution in [0.3, 0.4) is 0 Å². The summed E-state index contributed by atoms with van der Waals surface area (Å²) in [7, 11) is 0. The second-order valence-corrected chi connectivity index (χ2v) is 6.07. The summed E-state index contributed by atoms with van der Waals surface area (Å²) < 4.78 is 10.3. The first-order valence-electron chi connectivity index (χ1n) is 5.96. The van der Waals surface area contributed by atoms with Crippen LogP contribution < -0.4 is 0 Å². The molecule has 1 rings (SSSR count). The zero-order valence-electron chi connectivity index (χ0n) is 10.8. The fourth-order valence-electron chi connectivity index (χ4n) is 1.60. The molecule has 0 radical (unpaired) electrons. The lowest BCUT2D eigenvalue weighted by atomic mass is 10.2. The largest absolute Gasteiger partial charge is 0.462 e. The maximum atomic E-state index is 11.7. The molecule has 0 aromatic heterocycles. The van der Waals surface area contributed by atoms with Crippen molar-refractivity contribution in [2.24, 2.45) is 0 Å². The van der Waals surface area contributed by atoms with Crippen molar-refractivity contribution >= 4 is 23.7 Å². The van der Waals surface area contributed by atoms with Crippen LogP contribution in [0.1, 0.15) is 40.5 Å². The molecule has 0 amide bonds. The molecule has 5 heteroatoms. The van der Waals surface area contributed by atoms with Crippen molar-refractivity contribution in [2.45, 2.75) is 63.2 Å². The van der Waals surface area contributed by atoms with Gasteiger partial charge in [-0.1, -0.05) is 0 Å². The molecule has 1 aliphatic heterocycles. The minimum Gasteiger partial charge on any atom is -0.462 e. The van der Waals surface area contributed by atoms with Crippen molar-refractivity contribution in [2.75, 3.05) is 0 Å². The fraction of sp³-hybridized carbons (Fsp3) is 0.833. The number of thioether (sulfide) groups is 1. The molecule has 0 aromatic rings. The minimum absolute atomic E-state index is 0.107. The molecule has 0 N–H and O–H groups in total. The lowest BCUT2D eigenvalue weighted by Gasteiger charge is -2.14. The molecule has 17 heavy (non-hydrogen) atoms. The Labute approximate surface area is 106 Å². The van der Waals surface area contributed by atoms with Gasteiger partial charge in [-0.3, -0.25) is 9.59 Å². The monoisotopic (exact) mass is 260 g/mol. The smallest absolute Gasteiger partial charge is 0.319 e. The van der Waals surface area contributed by atoms with Crippen LogP contribution in [-0.4, -0.2) is 34.6 Å². The standard InChI is InChI=1S/C12H20O4S/c1-7(2)15-11(13)9-5-6-10(17-9)12(14)16-8(3)4/h7-10H,5-6H2,1-4H3. The SMILES string of the molecule is CC(C)OC(=O)C1CCC(C(=O)OC(C)C)S1. The quantitative estimate of drug-likeness (QED) is 0.725. The lowest BCUT2D eigenvalue weighted by Crippen LogP contribution is -2.23. The summed E-state index contributed by atoms with van der Waals surface area (Å²) >= 11 is 1.36. The van der Waals surface area contributed by atoms with E-state index < -0.39 is 0 Å². The first-order valence-corrected chi connectivity index (χ1v) is 6.91. The number of hydrogen-bond acceptors (Lipinski definition) is 5. The summed E-state index contributed by atoms with van der Waals surface area (Å²) in [4.78, 5) is 23.3. The van der Waals surface area contributed by atoms with Gasteiger partial charge in [0.25, 0.3) is 0 Å². The second-order valence-electron chi connectivity index (χ2n) is 4.66. The number of ether oxygens (including phenoxy) is 2. The summed E-state index contributed by atoms with van der Waals surface area (Å²) in [5.41, 5.74) is 0. The minimum atomic E-state index is -0.220. The topological polar surface area (TPSA) is 52.6 Å². The van der Waals surface area contributed by atoms with Gasteiger partial charge >= 0.3 is 11.9 Å². The van der Waals surface area contributed by atoms with E-state index in [1.807, 2.05) is 27.7 Å². The van der Waals surface area contributed by atoms with E-state index >= 15 is 0 Å². The van der Waals surface area contributed by atoms with Crippen LogP contribution in [-0.2, 0) is 19.1 Å². The van der Waals surface area contributed by atoms with Gasteiger partial charge in [-0.05, 0) is 40.5 Å². The molecule has 0 saturated carbocycles. The Morgan fingerprint density at radius 2 is 1.29 bits per heavy atom. The third-order valence-corrected chi connectivity index (χ3v) is 3.76. The Balaban J connectivity index is 2.41. The summed E-state index contributed by atoms with van der Waals surface area (Å²) in [6.45, 7) is 7.29. The molecular weight excluding hydrogens is 240 g/mol. The van der Waals surface area contributed by atoms with Gasteiger partial charge in [0, 0.05) is 0 Å². The summed E-state index contributed by atoms with van der Waals surface area (Å²) in [5.74, 6) is -0.435. The molecule has 4 nitrogen and oxygen atoms in total. The van der Waals surface area contributed by atoms with E-state index in [1.165, 1.54) is 11.8 Å². The van der Waals surface area contributed by atoms with E-state index in [-0.39, 0.29) is 34.6 Å². The van der Waals surface area contributed by atoms with Crippen LogP contribution in [0.2, 0.25) is 0 Å². The highest BCUT2D eigenvalue weighted by Gasteiger charge is 2.36. The predicted octanol–water partition coefficient (Wildman–Crippen LogP) is 2.15. The normalized spacial score (nSPS) is 24.1. The van der Waals surface area contributed by atoms with Gasteiger partial charge in [0.05, 0.1) is 12.2 Å². The predicted molar refractivity (Wildman–Crippen MR) is 66.9 cm³/mol. The van der Waals surface area contributed by atoms with E-state index in [4.69, 9.17) is 9.47 Å². The first kappa shape index (κ1) is 14.4. The van der Waals surface area contributed by atoms with Gasteiger partial charge in [0.1, 0.15) is 10.5 Å². The molecule has 0 spiro atoms. The highest BCUT2D eigenvalue weighted by Crippen LogP contribution is 2.35. The molecule has 1 heterocycles. The Bertz CT molecular complexity index is 260. The molecule has 0 bridgehead atoms. The van der Waals surface area contributed by atoms with Gasteiger partial charge in [-0.15, -0.1) is 11.8 Å². The van der Waals surface area contributed by atoms with Crippen molar-refractivity contribution in [3.63, 3.8) is 0 Å². The number of esters is 2. The van der Waals surface area contributed by atoms with Gasteiger partial charge < -0.3 is 9.47 Å². The van der Waals surface area contributed by atoms with Crippen molar-refractivity contribution in [1.82, 2.24) is 0 Å². The molecule has 1 fully saturated rings. The fourth-order valence-corrected chi connectivity index (χ4v) is 2.87. The Morgan fingerprint density at radius 3 is 1.59 bits per heavy atom. The second kappa shape index (κ2) is 6.28. The van der Waals surface area contributed by atoms with Crippen LogP contribution in [0, 0.1) is 0 Å². The zero-order valence-corrected chi connectivity index (χ0v) is 11.6. The molecule has 98 valence electrons. The molecule has 1 saturated heterocycles. The Hall–Kier alpha value is -0.710. The summed E-state index contributed by atoms with van der Waals surface area (Å²) in [5, 5.41) is -0.441. The zero-order chi connectivity index (χ0) is 13.0. The van der Waals surface area contributed by atoms with Crippen LogP contribution in [0.5, 0.6) is 0 Å². The lowest BCUT2D eigenvalue weighted by molar-refractivity contribution is -0.147. The van der Waals surface area contributed by atoms with Crippen molar-refractivity contribution in [3.8, 4) is 0 Å². The average Bonchev–Trinajstić information content (AvgIpc) is 2.63. The van der Waals surface area contributed by atoms with Gasteiger partial charge in [0.15, 0.2) is 0 Å². The number of carbonyl (C=O) groups is 2. The van der Waals surface area contributed by atoms with Crippen LogP contribution in [0.4, 0.5) is 0 Å². The third-order valence-electron chi connectivity index (χ3n) is 2.25. The number of rotatable bonds is 4. The van der Waals surface area contributed by atoms with Crippen molar-refractivity contribution < 1.29 is 19.1 Å². The van der Waals surface area contributed by atoms with Gasteiger partial charge in [0.2, 0.25) is 0 Å². The van der Waals surface area contributed by atoms with Gasteiger partial charge in [-0.2, -0.15) is 0 Å². The Morgan fingerprint density at radius 1 is 0.941 bits per heavy atom. The molecular formula is C12H20O4S. The molecule has 2 unspecified atom stereocenters. The first-order chi connectivity index (χ1) is 7.90. The van der Waals surface area contributed by atoms with Crippen LogP contribution >= 0.6 is 11.8 Å². The van der Waals surface area contributed by atoms with E-state index in [1.54, 1.807) is 0 Å². The molecule has 0 aromatic carbocycles. The summed E-state index contributed by atoms with van der Waals surface area (Å²) in [6.07, 6.45) is 1.16. The maximum absolute atomic E-state index is 11.7. The molecule has 1 aliphatic rings. The number of carbonyl (C=O) groups excluding carboxylic acids is 2. The maximum Gasteiger partial charge on any atom is 0.319 e. The Kier molecular flexibility index (Phi) is 5.31. The van der Waals surface area contributed by atoms with E-state index in [0.29, 0.717) is 12.8 Å². The van der Waals surface area contributed by atoms with E-state index in [9.17, 15) is 9.59 Å². The van der Waals surface area contributed by atoms with Crippen molar-refractivity contribution in [1.29, 1.82) is 0 Å². The highest BCUT2D eigenvalue weighted by atomic mass is 32.2. The highest BCUT2D eigenvalue weighted by molar-refractivity contribution is 8.02. The van der Waals surface area contributed by atoms with Crippen LogP contribution in [0.25, 0.3) is 0 Å². The van der Waals surface area contributed by atoms with Gasteiger partial charge in [-0.25, -0.2) is 0 Å².